The predicted octanol–water partition coefficient (Wildman–Crippen LogP) is 3.24. The molecule has 68 valence electrons. The molecule has 0 bridgehead atoms. The van der Waals surface area contributed by atoms with Crippen LogP contribution in [0.2, 0.25) is 5.15 Å². The van der Waals surface area contributed by atoms with Crippen LogP contribution in [0.4, 0.5) is 0 Å². The van der Waals surface area contributed by atoms with E-state index in [1.807, 2.05) is 6.20 Å². The summed E-state index contributed by atoms with van der Waals surface area (Å²) in [7, 11) is 0. The van der Waals surface area contributed by atoms with Crippen molar-refractivity contribution in [2.24, 2.45) is 0 Å². The molecule has 0 atom stereocenters. The summed E-state index contributed by atoms with van der Waals surface area (Å²) >= 11 is 5.82. The molecule has 0 fully saturated rings. The van der Waals surface area contributed by atoms with Crippen molar-refractivity contribution in [2.75, 3.05) is 0 Å². The Hall–Kier alpha value is -0.500. The highest BCUT2D eigenvalue weighted by Crippen LogP contribution is 2.20. The van der Waals surface area contributed by atoms with Crippen LogP contribution >= 0.6 is 11.6 Å². The predicted molar refractivity (Wildman–Crippen MR) is 51.7 cm³/mol. The van der Waals surface area contributed by atoms with Crippen LogP contribution in [0.15, 0.2) is 6.20 Å². The van der Waals surface area contributed by atoms with Gasteiger partial charge < -0.3 is 4.57 Å². The van der Waals surface area contributed by atoms with Crippen molar-refractivity contribution < 1.29 is 0 Å². The summed E-state index contributed by atoms with van der Waals surface area (Å²) in [5.41, 5.74) is 0. The zero-order valence-corrected chi connectivity index (χ0v) is 8.76. The van der Waals surface area contributed by atoms with E-state index in [-0.39, 0.29) is 0 Å². The zero-order valence-electron chi connectivity index (χ0n) is 8.00. The molecule has 0 aromatic carbocycles. The van der Waals surface area contributed by atoms with E-state index in [1.54, 1.807) is 0 Å². The second kappa shape index (κ2) is 3.48. The molecule has 0 radical (unpaired) electrons. The SMILES string of the molecule is CC(C)c1nc(Cl)cn1C(C)C. The van der Waals surface area contributed by atoms with E-state index in [0.717, 1.165) is 5.82 Å². The second-order valence-electron chi connectivity index (χ2n) is 3.58. The summed E-state index contributed by atoms with van der Waals surface area (Å²) in [6.45, 7) is 8.50. The Balaban J connectivity index is 3.08. The Kier molecular flexibility index (Phi) is 2.78. The van der Waals surface area contributed by atoms with Gasteiger partial charge in [-0.3, -0.25) is 0 Å². The van der Waals surface area contributed by atoms with Crippen molar-refractivity contribution in [1.29, 1.82) is 0 Å². The summed E-state index contributed by atoms with van der Waals surface area (Å²) < 4.78 is 2.12. The first kappa shape index (κ1) is 9.59. The molecule has 12 heavy (non-hydrogen) atoms. The third kappa shape index (κ3) is 1.81. The van der Waals surface area contributed by atoms with Gasteiger partial charge in [0, 0.05) is 18.2 Å². The molecule has 2 nitrogen and oxygen atoms in total. The third-order valence-electron chi connectivity index (χ3n) is 1.80. The Bertz CT molecular complexity index is 238. The molecular formula is C9H15ClN2. The number of imidazole rings is 1. The lowest BCUT2D eigenvalue weighted by Gasteiger charge is -2.12. The van der Waals surface area contributed by atoms with Crippen LogP contribution in [0, 0.1) is 0 Å². The van der Waals surface area contributed by atoms with E-state index >= 15 is 0 Å². The van der Waals surface area contributed by atoms with E-state index in [4.69, 9.17) is 11.6 Å². The molecule has 0 N–H and O–H groups in total. The van der Waals surface area contributed by atoms with Gasteiger partial charge in [0.1, 0.15) is 11.0 Å². The lowest BCUT2D eigenvalue weighted by Crippen LogP contribution is -2.06. The van der Waals surface area contributed by atoms with Gasteiger partial charge in [-0.05, 0) is 13.8 Å². The summed E-state index contributed by atoms with van der Waals surface area (Å²) in [6.07, 6.45) is 1.89. The number of aromatic nitrogens is 2. The van der Waals surface area contributed by atoms with E-state index < -0.39 is 0 Å². The van der Waals surface area contributed by atoms with Gasteiger partial charge in [-0.2, -0.15) is 0 Å². The summed E-state index contributed by atoms with van der Waals surface area (Å²) in [4.78, 5) is 4.26. The maximum atomic E-state index is 5.82. The van der Waals surface area contributed by atoms with Crippen LogP contribution in [0.3, 0.4) is 0 Å². The number of nitrogens with zero attached hydrogens (tertiary/aromatic N) is 2. The number of hydrogen-bond acceptors (Lipinski definition) is 1. The van der Waals surface area contributed by atoms with E-state index in [9.17, 15) is 0 Å². The molecule has 0 unspecified atom stereocenters. The van der Waals surface area contributed by atoms with E-state index in [0.29, 0.717) is 17.1 Å². The topological polar surface area (TPSA) is 17.8 Å². The van der Waals surface area contributed by atoms with Gasteiger partial charge in [0.2, 0.25) is 0 Å². The second-order valence-corrected chi connectivity index (χ2v) is 3.96. The molecule has 0 amide bonds. The van der Waals surface area contributed by atoms with E-state index in [1.165, 1.54) is 0 Å². The first-order valence-corrected chi connectivity index (χ1v) is 4.64. The minimum atomic E-state index is 0.430. The quantitative estimate of drug-likeness (QED) is 0.694. The average molecular weight is 187 g/mol. The van der Waals surface area contributed by atoms with Crippen LogP contribution in [0.5, 0.6) is 0 Å². The molecule has 1 heterocycles. The molecule has 0 aliphatic rings. The standard InChI is InChI=1S/C9H15ClN2/c1-6(2)9-11-8(10)5-12(9)7(3)4/h5-7H,1-4H3. The average Bonchev–Trinajstić information content (AvgIpc) is 2.31. The number of rotatable bonds is 2. The Labute approximate surface area is 78.6 Å². The largest absolute Gasteiger partial charge is 0.331 e. The lowest BCUT2D eigenvalue weighted by atomic mass is 10.2. The molecule has 0 aliphatic carbocycles. The molecule has 0 saturated heterocycles. The first-order chi connectivity index (χ1) is 5.52. The van der Waals surface area contributed by atoms with Crippen LogP contribution in [0.1, 0.15) is 45.5 Å². The van der Waals surface area contributed by atoms with Gasteiger partial charge in [0.25, 0.3) is 0 Å². The fourth-order valence-corrected chi connectivity index (χ4v) is 1.41. The number of hydrogen-bond donors (Lipinski definition) is 0. The summed E-state index contributed by atoms with van der Waals surface area (Å²) in [5, 5.41) is 0.590. The molecule has 3 heteroatoms. The highest BCUT2D eigenvalue weighted by Gasteiger charge is 2.11. The van der Waals surface area contributed by atoms with Crippen LogP contribution < -0.4 is 0 Å². The lowest BCUT2D eigenvalue weighted by molar-refractivity contribution is 0.550. The zero-order chi connectivity index (χ0) is 9.30. The van der Waals surface area contributed by atoms with Gasteiger partial charge in [-0.1, -0.05) is 25.4 Å². The fourth-order valence-electron chi connectivity index (χ4n) is 1.22. The van der Waals surface area contributed by atoms with Crippen molar-refractivity contribution in [3.63, 3.8) is 0 Å². The Morgan fingerprint density at radius 3 is 2.25 bits per heavy atom. The Morgan fingerprint density at radius 1 is 1.33 bits per heavy atom. The van der Waals surface area contributed by atoms with Crippen LogP contribution in [0.25, 0.3) is 0 Å². The van der Waals surface area contributed by atoms with Crippen molar-refractivity contribution in [3.8, 4) is 0 Å². The van der Waals surface area contributed by atoms with Crippen molar-refractivity contribution in [2.45, 2.75) is 39.7 Å². The maximum absolute atomic E-state index is 5.82. The third-order valence-corrected chi connectivity index (χ3v) is 1.99. The van der Waals surface area contributed by atoms with Crippen molar-refractivity contribution >= 4 is 11.6 Å². The first-order valence-electron chi connectivity index (χ1n) is 4.26. The Morgan fingerprint density at radius 2 is 1.92 bits per heavy atom. The van der Waals surface area contributed by atoms with Gasteiger partial charge in [0.05, 0.1) is 0 Å². The number of halogens is 1. The smallest absolute Gasteiger partial charge is 0.147 e. The van der Waals surface area contributed by atoms with Crippen molar-refractivity contribution in [1.82, 2.24) is 9.55 Å². The van der Waals surface area contributed by atoms with Gasteiger partial charge in [-0.25, -0.2) is 4.98 Å². The highest BCUT2D eigenvalue weighted by molar-refractivity contribution is 6.29. The monoisotopic (exact) mass is 186 g/mol. The molecule has 0 saturated carbocycles. The highest BCUT2D eigenvalue weighted by atomic mass is 35.5. The van der Waals surface area contributed by atoms with Crippen molar-refractivity contribution in [3.05, 3.63) is 17.2 Å². The maximum Gasteiger partial charge on any atom is 0.147 e. The molecular weight excluding hydrogens is 172 g/mol. The van der Waals surface area contributed by atoms with Gasteiger partial charge >= 0.3 is 0 Å². The fraction of sp³-hybridized carbons (Fsp3) is 0.667. The van der Waals surface area contributed by atoms with Gasteiger partial charge in [0.15, 0.2) is 0 Å². The van der Waals surface area contributed by atoms with Crippen LogP contribution in [-0.2, 0) is 0 Å². The molecule has 1 aromatic heterocycles. The summed E-state index contributed by atoms with van der Waals surface area (Å²) in [5.74, 6) is 1.50. The summed E-state index contributed by atoms with van der Waals surface area (Å²) in [6, 6.07) is 0.433. The van der Waals surface area contributed by atoms with Gasteiger partial charge in [-0.15, -0.1) is 0 Å². The molecule has 1 aromatic rings. The minimum Gasteiger partial charge on any atom is -0.331 e. The molecule has 0 aliphatic heterocycles. The molecule has 1 rings (SSSR count). The minimum absolute atomic E-state index is 0.430. The van der Waals surface area contributed by atoms with Crippen LogP contribution in [-0.4, -0.2) is 9.55 Å². The normalized spacial score (nSPS) is 11.6. The van der Waals surface area contributed by atoms with E-state index in [2.05, 4.69) is 37.2 Å². The molecule has 0 spiro atoms.